The number of rotatable bonds is 3. The Hall–Kier alpha value is -2.32. The molecule has 2 heterocycles. The predicted octanol–water partition coefficient (Wildman–Crippen LogP) is 3.37. The minimum absolute atomic E-state index is 0.0214. The molecule has 1 aliphatic carbocycles. The molecule has 1 saturated carbocycles. The van der Waals surface area contributed by atoms with Crippen LogP contribution in [0, 0.1) is 5.82 Å². The van der Waals surface area contributed by atoms with Crippen LogP contribution in [0.25, 0.3) is 10.9 Å². The molecule has 2 aromatic rings. The highest BCUT2D eigenvalue weighted by Gasteiger charge is 2.31. The van der Waals surface area contributed by atoms with Gasteiger partial charge in [-0.2, -0.15) is 0 Å². The fourth-order valence-corrected chi connectivity index (χ4v) is 4.42. The van der Waals surface area contributed by atoms with Crippen LogP contribution in [0.15, 0.2) is 17.1 Å². The first-order valence-corrected chi connectivity index (χ1v) is 9.62. The zero-order valence-corrected chi connectivity index (χ0v) is 16.3. The Bertz CT molecular complexity index is 1010. The lowest BCUT2D eigenvalue weighted by atomic mass is 10.1. The van der Waals surface area contributed by atoms with E-state index < -0.39 is 17.4 Å². The van der Waals surface area contributed by atoms with Gasteiger partial charge < -0.3 is 24.6 Å². The van der Waals surface area contributed by atoms with Crippen LogP contribution < -0.4 is 20.4 Å². The molecule has 2 aliphatic rings. The van der Waals surface area contributed by atoms with Crippen molar-refractivity contribution in [3.8, 4) is 5.75 Å². The first-order chi connectivity index (χ1) is 13.3. The standard InChI is InChI=1S/C19H21ClFN3O4/c1-9-6-23(7-10(2)22-9)17-13(21)5-12-16(15(17)20)24(11-3-4-11)8-14(18(12)25)28-19(26)27/h5,8-11,22H,3-4,6-7H2,1-2H3,(H,26,27). The fraction of sp³-hybridized carbons (Fsp3) is 0.474. The second-order valence-corrected chi connectivity index (χ2v) is 8.00. The molecule has 0 radical (unpaired) electrons. The zero-order chi connectivity index (χ0) is 20.2. The molecule has 2 fully saturated rings. The van der Waals surface area contributed by atoms with E-state index in [-0.39, 0.29) is 40.0 Å². The van der Waals surface area contributed by atoms with Crippen molar-refractivity contribution in [1.29, 1.82) is 0 Å². The molecule has 0 amide bonds. The van der Waals surface area contributed by atoms with E-state index in [4.69, 9.17) is 16.7 Å². The van der Waals surface area contributed by atoms with Crippen molar-refractivity contribution in [2.75, 3.05) is 18.0 Å². The van der Waals surface area contributed by atoms with Crippen molar-refractivity contribution >= 4 is 34.3 Å². The minimum atomic E-state index is -1.59. The van der Waals surface area contributed by atoms with Crippen LogP contribution in [0.3, 0.4) is 0 Å². The number of fused-ring (bicyclic) bond motifs is 1. The van der Waals surface area contributed by atoms with Gasteiger partial charge in [0.2, 0.25) is 5.43 Å². The number of hydrogen-bond donors (Lipinski definition) is 2. The van der Waals surface area contributed by atoms with Gasteiger partial charge in [-0.05, 0) is 32.8 Å². The maximum atomic E-state index is 15.1. The van der Waals surface area contributed by atoms with Crippen LogP contribution in [0.2, 0.25) is 5.02 Å². The third-order valence-electron chi connectivity index (χ3n) is 5.16. The first kappa shape index (κ1) is 19.0. The number of carboxylic acid groups (broad SMARTS) is 1. The van der Waals surface area contributed by atoms with Crippen molar-refractivity contribution in [1.82, 2.24) is 9.88 Å². The van der Waals surface area contributed by atoms with E-state index in [9.17, 15) is 9.59 Å². The highest BCUT2D eigenvalue weighted by atomic mass is 35.5. The molecule has 1 aromatic carbocycles. The molecule has 7 nitrogen and oxygen atoms in total. The van der Waals surface area contributed by atoms with Gasteiger partial charge in [-0.1, -0.05) is 11.6 Å². The van der Waals surface area contributed by atoms with Crippen molar-refractivity contribution in [2.45, 2.75) is 44.8 Å². The maximum absolute atomic E-state index is 15.1. The molecular weight excluding hydrogens is 389 g/mol. The number of aromatic nitrogens is 1. The molecule has 9 heteroatoms. The Balaban J connectivity index is 1.94. The van der Waals surface area contributed by atoms with Gasteiger partial charge in [-0.3, -0.25) is 4.79 Å². The molecule has 0 spiro atoms. The lowest BCUT2D eigenvalue weighted by Gasteiger charge is -2.38. The second-order valence-electron chi connectivity index (χ2n) is 7.62. The summed E-state index contributed by atoms with van der Waals surface area (Å²) in [5.74, 6) is -0.953. The number of nitrogens with zero attached hydrogens (tertiary/aromatic N) is 2. The lowest BCUT2D eigenvalue weighted by molar-refractivity contribution is 0.143. The number of carbonyl (C=O) groups is 1. The summed E-state index contributed by atoms with van der Waals surface area (Å²) < 4.78 is 21.5. The van der Waals surface area contributed by atoms with E-state index >= 15 is 4.39 Å². The van der Waals surface area contributed by atoms with Crippen LogP contribution in [0.4, 0.5) is 14.9 Å². The fourth-order valence-electron chi connectivity index (χ4n) is 4.01. The van der Waals surface area contributed by atoms with Crippen molar-refractivity contribution in [2.24, 2.45) is 0 Å². The van der Waals surface area contributed by atoms with Gasteiger partial charge in [0.15, 0.2) is 5.75 Å². The average molecular weight is 410 g/mol. The molecule has 1 aromatic heterocycles. The summed E-state index contributed by atoms with van der Waals surface area (Å²) in [6.45, 7) is 5.21. The molecular formula is C19H21ClFN3O4. The smallest absolute Gasteiger partial charge is 0.449 e. The molecule has 2 N–H and O–H groups in total. The molecule has 28 heavy (non-hydrogen) atoms. The number of pyridine rings is 1. The van der Waals surface area contributed by atoms with Gasteiger partial charge in [-0.25, -0.2) is 9.18 Å². The largest absolute Gasteiger partial charge is 0.511 e. The molecule has 1 aliphatic heterocycles. The number of hydrogen-bond acceptors (Lipinski definition) is 5. The molecule has 150 valence electrons. The number of halogens is 2. The summed E-state index contributed by atoms with van der Waals surface area (Å²) in [6, 6.07) is 1.54. The number of anilines is 1. The predicted molar refractivity (Wildman–Crippen MR) is 104 cm³/mol. The van der Waals surface area contributed by atoms with Crippen molar-refractivity contribution in [3.63, 3.8) is 0 Å². The number of ether oxygens (including phenoxy) is 1. The highest BCUT2D eigenvalue weighted by molar-refractivity contribution is 6.38. The molecule has 1 saturated heterocycles. The van der Waals surface area contributed by atoms with E-state index in [1.807, 2.05) is 18.7 Å². The SMILES string of the molecule is CC1CN(c2c(F)cc3c(=O)c(OC(=O)O)cn(C4CC4)c3c2Cl)CC(C)N1. The minimum Gasteiger partial charge on any atom is -0.449 e. The van der Waals surface area contributed by atoms with Crippen LogP contribution in [0.1, 0.15) is 32.7 Å². The number of piperazine rings is 1. The Kier molecular flexibility index (Phi) is 4.71. The quantitative estimate of drug-likeness (QED) is 0.756. The Morgan fingerprint density at radius 1 is 1.32 bits per heavy atom. The summed E-state index contributed by atoms with van der Waals surface area (Å²) in [5.41, 5.74) is 0.000843. The molecule has 2 atom stereocenters. The van der Waals surface area contributed by atoms with Gasteiger partial charge in [0.25, 0.3) is 0 Å². The van der Waals surface area contributed by atoms with Gasteiger partial charge in [-0.15, -0.1) is 0 Å². The second kappa shape index (κ2) is 6.93. The van der Waals surface area contributed by atoms with Gasteiger partial charge in [0.05, 0.1) is 27.8 Å². The molecule has 4 rings (SSSR count). The summed E-state index contributed by atoms with van der Waals surface area (Å²) in [4.78, 5) is 25.5. The molecule has 2 unspecified atom stereocenters. The Morgan fingerprint density at radius 2 is 1.96 bits per heavy atom. The topological polar surface area (TPSA) is 83.8 Å². The van der Waals surface area contributed by atoms with E-state index in [2.05, 4.69) is 10.1 Å². The normalized spacial score (nSPS) is 22.5. The van der Waals surface area contributed by atoms with Crippen molar-refractivity contribution < 1.29 is 19.0 Å². The highest BCUT2D eigenvalue weighted by Crippen LogP contribution is 2.43. The summed E-state index contributed by atoms with van der Waals surface area (Å²) >= 11 is 6.66. The van der Waals surface area contributed by atoms with E-state index in [1.165, 1.54) is 6.20 Å². The van der Waals surface area contributed by atoms with Crippen LogP contribution in [-0.2, 0) is 0 Å². The average Bonchev–Trinajstić information content (AvgIpc) is 3.41. The molecule has 0 bridgehead atoms. The van der Waals surface area contributed by atoms with E-state index in [0.29, 0.717) is 18.6 Å². The number of nitrogens with one attached hydrogen (secondary N) is 1. The van der Waals surface area contributed by atoms with Crippen LogP contribution in [0.5, 0.6) is 5.75 Å². The summed E-state index contributed by atoms with van der Waals surface area (Å²) in [6.07, 6.45) is 1.52. The van der Waals surface area contributed by atoms with Crippen molar-refractivity contribution in [3.05, 3.63) is 33.3 Å². The van der Waals surface area contributed by atoms with Crippen LogP contribution in [-0.4, -0.2) is 41.0 Å². The van der Waals surface area contributed by atoms with Gasteiger partial charge in [0.1, 0.15) is 5.82 Å². The van der Waals surface area contributed by atoms with E-state index in [0.717, 1.165) is 18.9 Å². The van der Waals surface area contributed by atoms with Gasteiger partial charge >= 0.3 is 6.16 Å². The first-order valence-electron chi connectivity index (χ1n) is 9.25. The Labute approximate surface area is 165 Å². The van der Waals surface area contributed by atoms with Gasteiger partial charge in [0, 0.05) is 31.2 Å². The lowest BCUT2D eigenvalue weighted by Crippen LogP contribution is -2.54. The monoisotopic (exact) mass is 409 g/mol. The maximum Gasteiger partial charge on any atom is 0.511 e. The zero-order valence-electron chi connectivity index (χ0n) is 15.5. The summed E-state index contributed by atoms with van der Waals surface area (Å²) in [5, 5.41) is 12.5. The third-order valence-corrected chi connectivity index (χ3v) is 5.52. The summed E-state index contributed by atoms with van der Waals surface area (Å²) in [7, 11) is 0. The van der Waals surface area contributed by atoms with Crippen LogP contribution >= 0.6 is 11.6 Å². The van der Waals surface area contributed by atoms with E-state index in [1.54, 1.807) is 4.57 Å². The third kappa shape index (κ3) is 3.31. The number of benzene rings is 1. The Morgan fingerprint density at radius 3 is 2.54 bits per heavy atom.